The maximum Gasteiger partial charge on any atom is 0.241 e. The average molecular weight is 227 g/mol. The average Bonchev–Trinajstić information content (AvgIpc) is 2.16. The molecule has 16 heavy (non-hydrogen) atoms. The number of hydrogen-bond donors (Lipinski definition) is 1. The van der Waals surface area contributed by atoms with Crippen LogP contribution in [0.2, 0.25) is 0 Å². The zero-order valence-corrected chi connectivity index (χ0v) is 10.3. The molecule has 0 aromatic heterocycles. The van der Waals surface area contributed by atoms with E-state index in [1.54, 1.807) is 21.1 Å². The van der Waals surface area contributed by atoms with Gasteiger partial charge in [-0.1, -0.05) is 6.42 Å². The van der Waals surface area contributed by atoms with E-state index in [4.69, 9.17) is 5.73 Å². The summed E-state index contributed by atoms with van der Waals surface area (Å²) in [6.07, 6.45) is 2.75. The van der Waals surface area contributed by atoms with Gasteiger partial charge in [0.1, 0.15) is 0 Å². The van der Waals surface area contributed by atoms with Gasteiger partial charge < -0.3 is 15.5 Å². The summed E-state index contributed by atoms with van der Waals surface area (Å²) in [5.41, 5.74) is 5.27. The van der Waals surface area contributed by atoms with Crippen molar-refractivity contribution in [2.45, 2.75) is 19.3 Å². The Morgan fingerprint density at radius 3 is 2.12 bits per heavy atom. The molecular weight excluding hydrogens is 206 g/mol. The number of hydrogen-bond acceptors (Lipinski definition) is 3. The van der Waals surface area contributed by atoms with Gasteiger partial charge in [-0.15, -0.1) is 0 Å². The van der Waals surface area contributed by atoms with Crippen LogP contribution in [0.1, 0.15) is 19.3 Å². The number of likely N-dealkylation sites (N-methyl/N-ethyl adjacent to an activating group) is 2. The van der Waals surface area contributed by atoms with Crippen molar-refractivity contribution in [3.8, 4) is 0 Å². The molecule has 0 aromatic carbocycles. The molecule has 1 saturated carbocycles. The predicted molar refractivity (Wildman–Crippen MR) is 61.7 cm³/mol. The summed E-state index contributed by atoms with van der Waals surface area (Å²) in [6.45, 7) is 0.514. The summed E-state index contributed by atoms with van der Waals surface area (Å²) >= 11 is 0. The highest BCUT2D eigenvalue weighted by atomic mass is 16.2. The number of amides is 2. The Kier molecular flexibility index (Phi) is 3.91. The van der Waals surface area contributed by atoms with Crippen LogP contribution in [-0.4, -0.2) is 55.8 Å². The molecule has 1 aliphatic carbocycles. The molecule has 1 aliphatic rings. The minimum Gasteiger partial charge on any atom is -0.347 e. The van der Waals surface area contributed by atoms with Gasteiger partial charge in [0.25, 0.3) is 0 Å². The molecule has 92 valence electrons. The number of nitrogens with zero attached hydrogens (tertiary/aromatic N) is 2. The van der Waals surface area contributed by atoms with Crippen LogP contribution in [0.25, 0.3) is 0 Å². The van der Waals surface area contributed by atoms with Gasteiger partial charge in [-0.3, -0.25) is 9.59 Å². The maximum atomic E-state index is 12.1. The zero-order valence-electron chi connectivity index (χ0n) is 10.3. The fourth-order valence-corrected chi connectivity index (χ4v) is 1.93. The van der Waals surface area contributed by atoms with Crippen molar-refractivity contribution in [1.82, 2.24) is 9.80 Å². The van der Waals surface area contributed by atoms with Gasteiger partial charge in [-0.25, -0.2) is 0 Å². The number of carbonyl (C=O) groups is 2. The van der Waals surface area contributed by atoms with Crippen molar-refractivity contribution < 1.29 is 9.59 Å². The van der Waals surface area contributed by atoms with Gasteiger partial charge in [0, 0.05) is 27.7 Å². The van der Waals surface area contributed by atoms with Crippen LogP contribution in [-0.2, 0) is 9.59 Å². The zero-order chi connectivity index (χ0) is 12.3. The largest absolute Gasteiger partial charge is 0.347 e. The first-order valence-corrected chi connectivity index (χ1v) is 5.59. The molecule has 0 saturated heterocycles. The van der Waals surface area contributed by atoms with Crippen molar-refractivity contribution in [2.75, 3.05) is 34.2 Å². The molecule has 5 heteroatoms. The van der Waals surface area contributed by atoms with Crippen molar-refractivity contribution in [2.24, 2.45) is 11.1 Å². The first-order valence-electron chi connectivity index (χ1n) is 5.59. The third-order valence-electron chi connectivity index (χ3n) is 3.37. The van der Waals surface area contributed by atoms with Crippen molar-refractivity contribution in [3.05, 3.63) is 0 Å². The summed E-state index contributed by atoms with van der Waals surface area (Å²) in [4.78, 5) is 26.6. The van der Waals surface area contributed by atoms with Crippen LogP contribution in [0, 0.1) is 5.41 Å². The first kappa shape index (κ1) is 13.0. The Labute approximate surface area is 96.6 Å². The Bertz CT molecular complexity index is 279. The molecule has 0 heterocycles. The van der Waals surface area contributed by atoms with Crippen LogP contribution >= 0.6 is 0 Å². The number of carbonyl (C=O) groups excluding carboxylic acids is 2. The van der Waals surface area contributed by atoms with E-state index >= 15 is 0 Å². The molecule has 1 rings (SSSR count). The normalized spacial score (nSPS) is 17.5. The molecule has 0 aromatic rings. The Hall–Kier alpha value is -1.10. The summed E-state index contributed by atoms with van der Waals surface area (Å²) in [7, 11) is 5.03. The minimum absolute atomic E-state index is 0.0106. The second kappa shape index (κ2) is 4.82. The molecule has 2 amide bonds. The Morgan fingerprint density at radius 2 is 1.81 bits per heavy atom. The van der Waals surface area contributed by atoms with Gasteiger partial charge in [-0.05, 0) is 12.8 Å². The second-order valence-electron chi connectivity index (χ2n) is 4.79. The molecule has 0 bridgehead atoms. The monoisotopic (exact) mass is 227 g/mol. The van der Waals surface area contributed by atoms with Gasteiger partial charge in [-0.2, -0.15) is 0 Å². The van der Waals surface area contributed by atoms with Crippen LogP contribution in [0.3, 0.4) is 0 Å². The quantitative estimate of drug-likeness (QED) is 0.714. The SMILES string of the molecule is CN(C)C(=O)CN(C)C(=O)C1(CN)CCC1. The van der Waals surface area contributed by atoms with E-state index in [0.29, 0.717) is 6.54 Å². The van der Waals surface area contributed by atoms with E-state index in [2.05, 4.69) is 0 Å². The third-order valence-corrected chi connectivity index (χ3v) is 3.37. The fraction of sp³-hybridized carbons (Fsp3) is 0.818. The van der Waals surface area contributed by atoms with Crippen LogP contribution < -0.4 is 5.73 Å². The van der Waals surface area contributed by atoms with Crippen molar-refractivity contribution in [3.63, 3.8) is 0 Å². The van der Waals surface area contributed by atoms with Crippen LogP contribution in [0.4, 0.5) is 0 Å². The smallest absolute Gasteiger partial charge is 0.241 e. The summed E-state index contributed by atoms with van der Waals surface area (Å²) in [5, 5.41) is 0. The molecule has 0 spiro atoms. The highest BCUT2D eigenvalue weighted by molar-refractivity contribution is 5.88. The fourth-order valence-electron chi connectivity index (χ4n) is 1.93. The molecule has 0 unspecified atom stereocenters. The summed E-state index contributed by atoms with van der Waals surface area (Å²) in [6, 6.07) is 0. The third kappa shape index (κ3) is 2.35. The molecule has 1 fully saturated rings. The summed E-state index contributed by atoms with van der Waals surface area (Å²) in [5.74, 6) is -0.0567. The Morgan fingerprint density at radius 1 is 1.25 bits per heavy atom. The van der Waals surface area contributed by atoms with E-state index in [9.17, 15) is 9.59 Å². The lowest BCUT2D eigenvalue weighted by Crippen LogP contribution is -2.52. The van der Waals surface area contributed by atoms with E-state index in [1.165, 1.54) is 9.80 Å². The van der Waals surface area contributed by atoms with Gasteiger partial charge in [0.15, 0.2) is 0 Å². The predicted octanol–water partition coefficient (Wildman–Crippen LogP) is -0.338. The van der Waals surface area contributed by atoms with E-state index < -0.39 is 0 Å². The number of nitrogens with two attached hydrogens (primary N) is 1. The van der Waals surface area contributed by atoms with E-state index in [1.807, 2.05) is 0 Å². The highest BCUT2D eigenvalue weighted by Gasteiger charge is 2.44. The highest BCUT2D eigenvalue weighted by Crippen LogP contribution is 2.41. The van der Waals surface area contributed by atoms with Crippen molar-refractivity contribution in [1.29, 1.82) is 0 Å². The van der Waals surface area contributed by atoms with Crippen molar-refractivity contribution >= 4 is 11.8 Å². The van der Waals surface area contributed by atoms with Gasteiger partial charge >= 0.3 is 0 Å². The molecule has 2 N–H and O–H groups in total. The molecule has 0 atom stereocenters. The van der Waals surface area contributed by atoms with E-state index in [0.717, 1.165) is 19.3 Å². The second-order valence-corrected chi connectivity index (χ2v) is 4.79. The van der Waals surface area contributed by atoms with Crippen LogP contribution in [0.5, 0.6) is 0 Å². The first-order chi connectivity index (χ1) is 7.43. The Balaban J connectivity index is 2.57. The van der Waals surface area contributed by atoms with Gasteiger partial charge in [0.05, 0.1) is 12.0 Å². The minimum atomic E-state index is -0.388. The number of rotatable bonds is 4. The lowest BCUT2D eigenvalue weighted by molar-refractivity contribution is -0.148. The maximum absolute atomic E-state index is 12.1. The molecule has 0 aliphatic heterocycles. The summed E-state index contributed by atoms with van der Waals surface area (Å²) < 4.78 is 0. The topological polar surface area (TPSA) is 66.6 Å². The lowest BCUT2D eigenvalue weighted by atomic mass is 9.68. The van der Waals surface area contributed by atoms with E-state index in [-0.39, 0.29) is 23.8 Å². The molecule has 0 radical (unpaired) electrons. The molecule has 5 nitrogen and oxygen atoms in total. The van der Waals surface area contributed by atoms with Gasteiger partial charge in [0.2, 0.25) is 11.8 Å². The van der Waals surface area contributed by atoms with Crippen LogP contribution in [0.15, 0.2) is 0 Å². The lowest BCUT2D eigenvalue weighted by Gasteiger charge is -2.41. The molecular formula is C11H21N3O2. The standard InChI is InChI=1S/C11H21N3O2/c1-13(2)9(15)7-14(3)10(16)11(8-12)5-4-6-11/h4-8,12H2,1-3H3.